The number of ether oxygens (including phenoxy) is 1. The molecule has 0 heterocycles. The summed E-state index contributed by atoms with van der Waals surface area (Å²) in [5.74, 6) is 0.0388. The quantitative estimate of drug-likeness (QED) is 0.638. The number of esters is 1. The van der Waals surface area contributed by atoms with Gasteiger partial charge in [-0.2, -0.15) is 0 Å². The third-order valence-corrected chi connectivity index (χ3v) is 3.95. The fraction of sp³-hybridized carbons (Fsp3) is 0.533. The summed E-state index contributed by atoms with van der Waals surface area (Å²) in [6.07, 6.45) is 0. The normalized spacial score (nSPS) is 11.4. The summed E-state index contributed by atoms with van der Waals surface area (Å²) in [7, 11) is 0. The van der Waals surface area contributed by atoms with Crippen molar-refractivity contribution in [3.05, 3.63) is 28.8 Å². The van der Waals surface area contributed by atoms with E-state index >= 15 is 0 Å². The van der Waals surface area contributed by atoms with Crippen LogP contribution in [0.15, 0.2) is 23.1 Å². The molecule has 0 unspecified atom stereocenters. The van der Waals surface area contributed by atoms with Gasteiger partial charge in [-0.25, -0.2) is 0 Å². The number of nitrogens with one attached hydrogen (secondary N) is 1. The molecule has 0 aromatic heterocycles. The van der Waals surface area contributed by atoms with Crippen molar-refractivity contribution in [1.29, 1.82) is 0 Å². The van der Waals surface area contributed by atoms with Crippen molar-refractivity contribution >= 4 is 29.3 Å². The predicted molar refractivity (Wildman–Crippen MR) is 85.4 cm³/mol. The molecule has 112 valence electrons. The lowest BCUT2D eigenvalue weighted by Crippen LogP contribution is -2.25. The molecule has 1 aromatic rings. The van der Waals surface area contributed by atoms with Crippen LogP contribution in [-0.2, 0) is 16.1 Å². The molecule has 0 amide bonds. The van der Waals surface area contributed by atoms with Gasteiger partial charge in [-0.1, -0.05) is 30.7 Å². The minimum atomic E-state index is -0.454. The van der Waals surface area contributed by atoms with E-state index in [1.807, 2.05) is 39.0 Å². The van der Waals surface area contributed by atoms with Gasteiger partial charge in [0.25, 0.3) is 0 Å². The van der Waals surface area contributed by atoms with Crippen molar-refractivity contribution in [2.75, 3.05) is 12.3 Å². The van der Waals surface area contributed by atoms with Crippen LogP contribution in [0.3, 0.4) is 0 Å². The summed E-state index contributed by atoms with van der Waals surface area (Å²) >= 11 is 7.65. The van der Waals surface area contributed by atoms with E-state index in [4.69, 9.17) is 16.3 Å². The molecule has 20 heavy (non-hydrogen) atoms. The maximum Gasteiger partial charge on any atom is 0.316 e. The van der Waals surface area contributed by atoms with Crippen LogP contribution in [0.1, 0.15) is 33.3 Å². The standard InChI is InChI=1S/C15H22ClNO2S/c1-5-17-9-11-7-6-8-12(16)14(11)20-10-13(18)19-15(2,3)4/h6-8,17H,5,9-10H2,1-4H3. The van der Waals surface area contributed by atoms with Crippen LogP contribution in [0.5, 0.6) is 0 Å². The maximum absolute atomic E-state index is 11.8. The van der Waals surface area contributed by atoms with Crippen molar-refractivity contribution in [3.63, 3.8) is 0 Å². The van der Waals surface area contributed by atoms with E-state index in [9.17, 15) is 4.79 Å². The van der Waals surface area contributed by atoms with E-state index in [0.29, 0.717) is 5.02 Å². The van der Waals surface area contributed by atoms with Gasteiger partial charge in [0.1, 0.15) is 5.60 Å². The zero-order valence-corrected chi connectivity index (χ0v) is 14.0. The average Bonchev–Trinajstić information content (AvgIpc) is 2.33. The van der Waals surface area contributed by atoms with Crippen molar-refractivity contribution in [2.45, 2.75) is 44.7 Å². The van der Waals surface area contributed by atoms with Crippen molar-refractivity contribution < 1.29 is 9.53 Å². The highest BCUT2D eigenvalue weighted by atomic mass is 35.5. The fourth-order valence-electron chi connectivity index (χ4n) is 1.62. The van der Waals surface area contributed by atoms with E-state index in [-0.39, 0.29) is 11.7 Å². The Kier molecular flexibility index (Phi) is 6.86. The van der Waals surface area contributed by atoms with E-state index in [2.05, 4.69) is 12.2 Å². The van der Waals surface area contributed by atoms with Gasteiger partial charge in [-0.15, -0.1) is 11.8 Å². The molecule has 1 N–H and O–H groups in total. The SMILES string of the molecule is CCNCc1cccc(Cl)c1SCC(=O)OC(C)(C)C. The summed E-state index contributed by atoms with van der Waals surface area (Å²) in [6.45, 7) is 9.28. The minimum Gasteiger partial charge on any atom is -0.459 e. The van der Waals surface area contributed by atoms with E-state index in [1.54, 1.807) is 0 Å². The minimum absolute atomic E-state index is 0.225. The molecular formula is C15H22ClNO2S. The monoisotopic (exact) mass is 315 g/mol. The van der Waals surface area contributed by atoms with Crippen LogP contribution in [0.2, 0.25) is 5.02 Å². The molecule has 0 aliphatic carbocycles. The summed E-state index contributed by atoms with van der Waals surface area (Å²) in [6, 6.07) is 5.78. The first-order chi connectivity index (χ1) is 9.33. The molecule has 1 rings (SSSR count). The van der Waals surface area contributed by atoms with Crippen LogP contribution in [0.25, 0.3) is 0 Å². The van der Waals surface area contributed by atoms with Crippen molar-refractivity contribution in [1.82, 2.24) is 5.32 Å². The molecule has 5 heteroatoms. The molecule has 0 saturated heterocycles. The first-order valence-corrected chi connectivity index (χ1v) is 8.02. The number of thioether (sulfide) groups is 1. The molecule has 0 aliphatic rings. The third-order valence-electron chi connectivity index (χ3n) is 2.37. The van der Waals surface area contributed by atoms with Gasteiger partial charge in [0.2, 0.25) is 0 Å². The van der Waals surface area contributed by atoms with E-state index in [1.165, 1.54) is 11.8 Å². The van der Waals surface area contributed by atoms with Crippen LogP contribution < -0.4 is 5.32 Å². The lowest BCUT2D eigenvalue weighted by atomic mass is 10.2. The molecule has 0 spiro atoms. The second-order valence-corrected chi connectivity index (χ2v) is 6.78. The lowest BCUT2D eigenvalue weighted by Gasteiger charge is -2.19. The summed E-state index contributed by atoms with van der Waals surface area (Å²) in [5.41, 5.74) is 0.651. The zero-order chi connectivity index (χ0) is 15.2. The fourth-order valence-corrected chi connectivity index (χ4v) is 2.83. The maximum atomic E-state index is 11.8. The number of carbonyl (C=O) groups excluding carboxylic acids is 1. The summed E-state index contributed by atoms with van der Waals surface area (Å²) in [5, 5.41) is 3.94. The second kappa shape index (κ2) is 7.91. The molecule has 3 nitrogen and oxygen atoms in total. The largest absolute Gasteiger partial charge is 0.459 e. The molecular weight excluding hydrogens is 294 g/mol. The Balaban J connectivity index is 2.69. The molecule has 0 fully saturated rings. The number of halogens is 1. The Morgan fingerprint density at radius 2 is 2.10 bits per heavy atom. The van der Waals surface area contributed by atoms with Crippen LogP contribution in [0, 0.1) is 0 Å². The topological polar surface area (TPSA) is 38.3 Å². The number of benzene rings is 1. The summed E-state index contributed by atoms with van der Waals surface area (Å²) in [4.78, 5) is 12.7. The second-order valence-electron chi connectivity index (χ2n) is 5.38. The highest BCUT2D eigenvalue weighted by Gasteiger charge is 2.17. The predicted octanol–water partition coefficient (Wildman–Crippen LogP) is 3.88. The lowest BCUT2D eigenvalue weighted by molar-refractivity contribution is -0.151. The Morgan fingerprint density at radius 3 is 2.70 bits per heavy atom. The van der Waals surface area contributed by atoms with Gasteiger partial charge in [-0.05, 0) is 38.9 Å². The zero-order valence-electron chi connectivity index (χ0n) is 12.5. The molecule has 1 aromatic carbocycles. The number of carbonyl (C=O) groups is 1. The highest BCUT2D eigenvalue weighted by molar-refractivity contribution is 8.00. The molecule has 0 radical (unpaired) electrons. The van der Waals surface area contributed by atoms with Crippen molar-refractivity contribution in [3.8, 4) is 0 Å². The number of hydrogen-bond acceptors (Lipinski definition) is 4. The number of hydrogen-bond donors (Lipinski definition) is 1. The van der Waals surface area contributed by atoms with Gasteiger partial charge in [0.05, 0.1) is 10.8 Å². The smallest absolute Gasteiger partial charge is 0.316 e. The van der Waals surface area contributed by atoms with Crippen LogP contribution in [0.4, 0.5) is 0 Å². The van der Waals surface area contributed by atoms with Gasteiger partial charge in [0, 0.05) is 11.4 Å². The average molecular weight is 316 g/mol. The van der Waals surface area contributed by atoms with Gasteiger partial charge < -0.3 is 10.1 Å². The Bertz CT molecular complexity index is 458. The Labute approximate surface area is 130 Å². The van der Waals surface area contributed by atoms with Gasteiger partial charge >= 0.3 is 5.97 Å². The van der Waals surface area contributed by atoms with Crippen LogP contribution >= 0.6 is 23.4 Å². The molecule has 0 aliphatic heterocycles. The Hall–Kier alpha value is -0.710. The van der Waals surface area contributed by atoms with Crippen LogP contribution in [-0.4, -0.2) is 23.9 Å². The van der Waals surface area contributed by atoms with E-state index in [0.717, 1.165) is 23.5 Å². The molecule has 0 saturated carbocycles. The molecule has 0 bridgehead atoms. The number of rotatable bonds is 6. The first kappa shape index (κ1) is 17.3. The van der Waals surface area contributed by atoms with Gasteiger partial charge in [0.15, 0.2) is 0 Å². The Morgan fingerprint density at radius 1 is 1.40 bits per heavy atom. The van der Waals surface area contributed by atoms with Gasteiger partial charge in [-0.3, -0.25) is 4.79 Å². The first-order valence-electron chi connectivity index (χ1n) is 6.66. The molecule has 0 atom stereocenters. The van der Waals surface area contributed by atoms with E-state index < -0.39 is 5.60 Å². The highest BCUT2D eigenvalue weighted by Crippen LogP contribution is 2.31. The third kappa shape index (κ3) is 6.16. The van der Waals surface area contributed by atoms with Crippen molar-refractivity contribution in [2.24, 2.45) is 0 Å². The summed E-state index contributed by atoms with van der Waals surface area (Å²) < 4.78 is 5.30.